The number of hydrogen-bond acceptors (Lipinski definition) is 8. The zero-order valence-corrected chi connectivity index (χ0v) is 22.9. The molecule has 2 aliphatic heterocycles. The number of benzene rings is 2. The highest BCUT2D eigenvalue weighted by Crippen LogP contribution is 2.40. The van der Waals surface area contributed by atoms with E-state index in [0.29, 0.717) is 23.7 Å². The van der Waals surface area contributed by atoms with Crippen molar-refractivity contribution < 1.29 is 31.7 Å². The van der Waals surface area contributed by atoms with Crippen molar-refractivity contribution in [3.8, 4) is 11.5 Å². The molecule has 9 nitrogen and oxygen atoms in total. The van der Waals surface area contributed by atoms with Gasteiger partial charge in [-0.3, -0.25) is 19.3 Å². The largest absolute Gasteiger partial charge is 0.493 e. The van der Waals surface area contributed by atoms with Crippen LogP contribution in [0.1, 0.15) is 18.4 Å². The Labute approximate surface area is 225 Å². The Bertz CT molecular complexity index is 1360. The molecule has 0 unspecified atom stereocenters. The van der Waals surface area contributed by atoms with Crippen LogP contribution in [0.25, 0.3) is 6.08 Å². The lowest BCUT2D eigenvalue weighted by molar-refractivity contribution is -0.135. The number of likely N-dealkylation sites (tertiary alicyclic amines) is 1. The average molecular weight is 616 g/mol. The van der Waals surface area contributed by atoms with E-state index in [0.717, 1.165) is 29.5 Å². The topological polar surface area (TPSA) is 110 Å². The summed E-state index contributed by atoms with van der Waals surface area (Å²) in [6.45, 7) is 0.951. The van der Waals surface area contributed by atoms with E-state index in [9.17, 15) is 22.8 Å². The zero-order valence-electron chi connectivity index (χ0n) is 18.9. The summed E-state index contributed by atoms with van der Waals surface area (Å²) in [5, 5.41) is -0.152. The molecule has 190 valence electrons. The highest BCUT2D eigenvalue weighted by molar-refractivity contribution is 9.10. The van der Waals surface area contributed by atoms with Gasteiger partial charge in [0.15, 0.2) is 11.5 Å². The Morgan fingerprint density at radius 2 is 1.83 bits per heavy atom. The maximum Gasteiger partial charge on any atom is 0.339 e. The molecule has 0 aromatic heterocycles. The van der Waals surface area contributed by atoms with Crippen LogP contribution in [0, 0.1) is 0 Å². The molecule has 4 rings (SSSR count). The lowest BCUT2D eigenvalue weighted by Gasteiger charge is -2.18. The molecule has 2 fully saturated rings. The zero-order chi connectivity index (χ0) is 26.0. The van der Waals surface area contributed by atoms with Gasteiger partial charge in [0.2, 0.25) is 5.91 Å². The standard InChI is InChI=1S/C23H20BrClN2O7S2/c1-33-18-11-14(10-17(24)21(18)34-36(31,32)16-6-4-15(25)5-7-16)12-19-22(29)27(23(30)35-19)13-20(28)26-8-2-3-9-26/h4-7,10-12H,2-3,8-9,13H2,1H3/b19-12-. The summed E-state index contributed by atoms with van der Waals surface area (Å²) in [5.41, 5.74) is 0.450. The normalized spacial score (nSPS) is 17.2. The van der Waals surface area contributed by atoms with Gasteiger partial charge >= 0.3 is 10.1 Å². The average Bonchev–Trinajstić information content (AvgIpc) is 3.46. The molecule has 2 aromatic carbocycles. The number of methoxy groups -OCH3 is 1. The number of amides is 3. The summed E-state index contributed by atoms with van der Waals surface area (Å²) in [7, 11) is -2.85. The van der Waals surface area contributed by atoms with E-state index in [1.807, 2.05) is 0 Å². The molecule has 0 aliphatic carbocycles. The van der Waals surface area contributed by atoms with E-state index in [-0.39, 0.29) is 38.2 Å². The van der Waals surface area contributed by atoms with Gasteiger partial charge in [0.05, 0.1) is 16.5 Å². The van der Waals surface area contributed by atoms with Gasteiger partial charge in [0, 0.05) is 18.1 Å². The Morgan fingerprint density at radius 3 is 2.47 bits per heavy atom. The fourth-order valence-electron chi connectivity index (χ4n) is 3.65. The summed E-state index contributed by atoms with van der Waals surface area (Å²) in [6, 6.07) is 8.49. The lowest BCUT2D eigenvalue weighted by atomic mass is 10.2. The summed E-state index contributed by atoms with van der Waals surface area (Å²) < 4.78 is 36.3. The SMILES string of the molecule is COc1cc(/C=C2\SC(=O)N(CC(=O)N3CCCC3)C2=O)cc(Br)c1OS(=O)(=O)c1ccc(Cl)cc1. The number of rotatable bonds is 7. The van der Waals surface area contributed by atoms with Gasteiger partial charge in [-0.1, -0.05) is 11.6 Å². The van der Waals surface area contributed by atoms with Crippen LogP contribution in [0.15, 0.2) is 50.7 Å². The number of ether oxygens (including phenoxy) is 1. The molecule has 2 aromatic rings. The number of halogens is 2. The van der Waals surface area contributed by atoms with Crippen molar-refractivity contribution in [3.63, 3.8) is 0 Å². The van der Waals surface area contributed by atoms with Crippen LogP contribution in [0.2, 0.25) is 5.02 Å². The van der Waals surface area contributed by atoms with E-state index >= 15 is 0 Å². The van der Waals surface area contributed by atoms with E-state index in [4.69, 9.17) is 20.5 Å². The summed E-state index contributed by atoms with van der Waals surface area (Å²) in [6.07, 6.45) is 3.28. The number of hydrogen-bond donors (Lipinski definition) is 0. The molecule has 2 heterocycles. The first kappa shape index (κ1) is 26.5. The van der Waals surface area contributed by atoms with Crippen molar-refractivity contribution in [3.05, 3.63) is 56.4 Å². The molecule has 13 heteroatoms. The molecule has 36 heavy (non-hydrogen) atoms. The minimum Gasteiger partial charge on any atom is -0.493 e. The predicted octanol–water partition coefficient (Wildman–Crippen LogP) is 4.54. The second-order valence-electron chi connectivity index (χ2n) is 7.88. The van der Waals surface area contributed by atoms with Crippen molar-refractivity contribution in [2.75, 3.05) is 26.7 Å². The molecular formula is C23H20BrClN2O7S2. The van der Waals surface area contributed by atoms with E-state index in [1.165, 1.54) is 49.6 Å². The first-order valence-corrected chi connectivity index (χ1v) is 14.1. The van der Waals surface area contributed by atoms with Gasteiger partial charge in [0.1, 0.15) is 11.4 Å². The summed E-state index contributed by atoms with van der Waals surface area (Å²) in [4.78, 5) is 40.3. The number of thioether (sulfide) groups is 1. The third-order valence-electron chi connectivity index (χ3n) is 5.47. The Balaban J connectivity index is 1.56. The molecule has 0 N–H and O–H groups in total. The smallest absolute Gasteiger partial charge is 0.339 e. The van der Waals surface area contributed by atoms with Crippen molar-refractivity contribution in [1.82, 2.24) is 9.80 Å². The Kier molecular flexibility index (Phi) is 7.98. The van der Waals surface area contributed by atoms with Crippen molar-refractivity contribution in [2.45, 2.75) is 17.7 Å². The first-order valence-electron chi connectivity index (χ1n) is 10.7. The van der Waals surface area contributed by atoms with Gasteiger partial charge in [0.25, 0.3) is 11.1 Å². The van der Waals surface area contributed by atoms with E-state index < -0.39 is 21.3 Å². The van der Waals surface area contributed by atoms with E-state index in [2.05, 4.69) is 15.9 Å². The van der Waals surface area contributed by atoms with Crippen LogP contribution in [0.3, 0.4) is 0 Å². The van der Waals surface area contributed by atoms with Gasteiger partial charge in [-0.2, -0.15) is 8.42 Å². The van der Waals surface area contributed by atoms with E-state index in [1.54, 1.807) is 4.90 Å². The molecule has 3 amide bonds. The van der Waals surface area contributed by atoms with Gasteiger partial charge in [-0.25, -0.2) is 0 Å². The highest BCUT2D eigenvalue weighted by atomic mass is 79.9. The maximum atomic E-state index is 12.8. The maximum absolute atomic E-state index is 12.8. The van der Waals surface area contributed by atoms with Crippen molar-refractivity contribution in [2.24, 2.45) is 0 Å². The van der Waals surface area contributed by atoms with Gasteiger partial charge in [-0.05, 0) is 88.6 Å². The minimum absolute atomic E-state index is 0.0802. The second-order valence-corrected chi connectivity index (χ2v) is 11.7. The number of carbonyl (C=O) groups is 3. The predicted molar refractivity (Wildman–Crippen MR) is 138 cm³/mol. The third kappa shape index (κ3) is 5.72. The molecular weight excluding hydrogens is 596 g/mol. The van der Waals surface area contributed by atoms with Crippen LogP contribution in [0.4, 0.5) is 4.79 Å². The Morgan fingerprint density at radius 1 is 1.17 bits per heavy atom. The molecule has 0 spiro atoms. The third-order valence-corrected chi connectivity index (χ3v) is 8.45. The highest BCUT2D eigenvalue weighted by Gasteiger charge is 2.37. The summed E-state index contributed by atoms with van der Waals surface area (Å²) >= 11 is 9.85. The fourth-order valence-corrected chi connectivity index (χ4v) is 6.22. The van der Waals surface area contributed by atoms with Crippen molar-refractivity contribution >= 4 is 72.5 Å². The van der Waals surface area contributed by atoms with Crippen molar-refractivity contribution in [1.29, 1.82) is 0 Å². The lowest BCUT2D eigenvalue weighted by Crippen LogP contribution is -2.40. The number of carbonyl (C=O) groups excluding carboxylic acids is 3. The first-order chi connectivity index (χ1) is 17.1. The van der Waals surface area contributed by atoms with Crippen LogP contribution in [-0.2, 0) is 19.7 Å². The molecule has 0 saturated carbocycles. The van der Waals surface area contributed by atoms with Crippen LogP contribution < -0.4 is 8.92 Å². The minimum atomic E-state index is -4.19. The van der Waals surface area contributed by atoms with Crippen LogP contribution in [-0.4, -0.2) is 62.0 Å². The number of imide groups is 1. The quantitative estimate of drug-likeness (QED) is 0.330. The molecule has 0 bridgehead atoms. The van der Waals surface area contributed by atoms with Crippen LogP contribution >= 0.6 is 39.3 Å². The summed E-state index contributed by atoms with van der Waals surface area (Å²) in [5.74, 6) is -0.840. The fraction of sp³-hybridized carbons (Fsp3) is 0.261. The van der Waals surface area contributed by atoms with Crippen LogP contribution in [0.5, 0.6) is 11.5 Å². The molecule has 0 atom stereocenters. The second kappa shape index (κ2) is 10.8. The van der Waals surface area contributed by atoms with Gasteiger partial charge in [-0.15, -0.1) is 0 Å². The Hall–Kier alpha value is -2.54. The van der Waals surface area contributed by atoms with Gasteiger partial charge < -0.3 is 13.8 Å². The number of nitrogens with zero attached hydrogens (tertiary/aromatic N) is 2. The molecule has 0 radical (unpaired) electrons. The monoisotopic (exact) mass is 614 g/mol. The molecule has 2 aliphatic rings. The molecule has 2 saturated heterocycles.